The zero-order valence-corrected chi connectivity index (χ0v) is 27.1. The smallest absolute Gasteiger partial charge is 0.227 e. The molecular weight excluding hydrogens is 609 g/mol. The molecule has 0 bridgehead atoms. The van der Waals surface area contributed by atoms with Gasteiger partial charge in [0.1, 0.15) is 5.52 Å². The Kier molecular flexibility index (Phi) is 6.49. The van der Waals surface area contributed by atoms with Gasteiger partial charge in [-0.25, -0.2) is 4.98 Å². The van der Waals surface area contributed by atoms with Crippen molar-refractivity contribution in [3.05, 3.63) is 182 Å². The SMILES string of the molecule is c1ccc(-c2nc3cccc(-c4ccc(N(c5ccc6ccccc6c5)c5cccc6c5ccc5c7ccccc7ccc65)cc4)c3o2)cc1. The van der Waals surface area contributed by atoms with E-state index in [1.807, 2.05) is 42.5 Å². The minimum atomic E-state index is 0.628. The molecule has 0 unspecified atom stereocenters. The predicted octanol–water partition coefficient (Wildman–Crippen LogP) is 13.2. The number of para-hydroxylation sites is 1. The van der Waals surface area contributed by atoms with Gasteiger partial charge < -0.3 is 9.32 Å². The van der Waals surface area contributed by atoms with Crippen molar-refractivity contribution in [2.24, 2.45) is 0 Å². The molecule has 0 spiro atoms. The first-order valence-electron chi connectivity index (χ1n) is 17.0. The third kappa shape index (κ3) is 4.63. The summed E-state index contributed by atoms with van der Waals surface area (Å²) in [6.45, 7) is 0. The molecule has 0 atom stereocenters. The van der Waals surface area contributed by atoms with E-state index in [0.717, 1.165) is 44.9 Å². The van der Waals surface area contributed by atoms with Crippen LogP contribution in [0.1, 0.15) is 0 Å². The van der Waals surface area contributed by atoms with Crippen molar-refractivity contribution < 1.29 is 4.42 Å². The molecule has 0 fully saturated rings. The maximum atomic E-state index is 6.39. The van der Waals surface area contributed by atoms with Crippen molar-refractivity contribution >= 4 is 71.3 Å². The summed E-state index contributed by atoms with van der Waals surface area (Å²) in [5.41, 5.74) is 8.00. The predicted molar refractivity (Wildman–Crippen MR) is 210 cm³/mol. The average molecular weight is 639 g/mol. The van der Waals surface area contributed by atoms with Crippen molar-refractivity contribution in [2.45, 2.75) is 0 Å². The number of hydrogen-bond donors (Lipinski definition) is 0. The molecule has 0 saturated heterocycles. The van der Waals surface area contributed by atoms with Crippen LogP contribution in [0, 0.1) is 0 Å². The lowest BCUT2D eigenvalue weighted by molar-refractivity contribution is 0.621. The Bertz CT molecular complexity index is 2870. The Morgan fingerprint density at radius 3 is 1.92 bits per heavy atom. The summed E-state index contributed by atoms with van der Waals surface area (Å²) < 4.78 is 6.39. The normalized spacial score (nSPS) is 11.6. The second-order valence-electron chi connectivity index (χ2n) is 12.8. The summed E-state index contributed by atoms with van der Waals surface area (Å²) in [7, 11) is 0. The van der Waals surface area contributed by atoms with Crippen LogP contribution in [0.25, 0.3) is 76.8 Å². The van der Waals surface area contributed by atoms with Gasteiger partial charge in [0, 0.05) is 27.9 Å². The molecule has 0 amide bonds. The van der Waals surface area contributed by atoms with E-state index in [0.29, 0.717) is 5.89 Å². The summed E-state index contributed by atoms with van der Waals surface area (Å²) >= 11 is 0. The Morgan fingerprint density at radius 1 is 0.400 bits per heavy atom. The molecule has 0 aliphatic heterocycles. The number of rotatable bonds is 5. The first-order valence-corrected chi connectivity index (χ1v) is 17.0. The first-order chi connectivity index (χ1) is 24.8. The molecule has 1 aromatic heterocycles. The maximum Gasteiger partial charge on any atom is 0.227 e. The van der Waals surface area contributed by atoms with Crippen molar-refractivity contribution in [3.63, 3.8) is 0 Å². The zero-order valence-electron chi connectivity index (χ0n) is 27.1. The summed E-state index contributed by atoms with van der Waals surface area (Å²) in [5, 5.41) is 9.92. The maximum absolute atomic E-state index is 6.39. The largest absolute Gasteiger partial charge is 0.435 e. The van der Waals surface area contributed by atoms with Crippen molar-refractivity contribution in [2.75, 3.05) is 4.90 Å². The molecule has 9 aromatic carbocycles. The van der Waals surface area contributed by atoms with E-state index in [1.165, 1.54) is 43.1 Å². The molecular formula is C47H30N2O. The fraction of sp³-hybridized carbons (Fsp3) is 0. The van der Waals surface area contributed by atoms with Crippen molar-refractivity contribution in [1.29, 1.82) is 0 Å². The van der Waals surface area contributed by atoms with Crippen molar-refractivity contribution in [3.8, 4) is 22.6 Å². The second-order valence-corrected chi connectivity index (χ2v) is 12.8. The molecule has 1 heterocycles. The fourth-order valence-electron chi connectivity index (χ4n) is 7.45. The van der Waals surface area contributed by atoms with Crippen molar-refractivity contribution in [1.82, 2.24) is 4.98 Å². The second kappa shape index (κ2) is 11.5. The van der Waals surface area contributed by atoms with Gasteiger partial charge in [-0.2, -0.15) is 0 Å². The van der Waals surface area contributed by atoms with Gasteiger partial charge in [0.2, 0.25) is 5.89 Å². The van der Waals surface area contributed by atoms with E-state index >= 15 is 0 Å². The fourth-order valence-corrected chi connectivity index (χ4v) is 7.45. The van der Waals surface area contributed by atoms with Crippen LogP contribution >= 0.6 is 0 Å². The van der Waals surface area contributed by atoms with Gasteiger partial charge in [-0.1, -0.05) is 133 Å². The number of hydrogen-bond acceptors (Lipinski definition) is 3. The topological polar surface area (TPSA) is 29.3 Å². The molecule has 0 saturated carbocycles. The van der Waals surface area contributed by atoms with Crippen LogP contribution in [-0.4, -0.2) is 4.98 Å². The third-order valence-corrected chi connectivity index (χ3v) is 9.87. The third-order valence-electron chi connectivity index (χ3n) is 9.87. The standard InChI is InChI=1S/C47H30N2O/c1-2-12-34(13-3-1)47-48-44-18-8-16-39(46(44)50-47)33-21-24-36(25-22-33)49(37-26-20-31-10-4-5-14-35(31)30-37)45-19-9-17-40-42-27-23-32-11-6-7-15-38(32)41(42)28-29-43(40)45/h1-30H. The van der Waals surface area contributed by atoms with E-state index in [-0.39, 0.29) is 0 Å². The minimum Gasteiger partial charge on any atom is -0.435 e. The molecule has 234 valence electrons. The van der Waals surface area contributed by atoms with Gasteiger partial charge >= 0.3 is 0 Å². The Balaban J connectivity index is 1.14. The molecule has 0 N–H and O–H groups in total. The van der Waals surface area contributed by atoms with Crippen LogP contribution in [0.2, 0.25) is 0 Å². The van der Waals surface area contributed by atoms with Gasteiger partial charge in [-0.05, 0) is 91.8 Å². The summed E-state index contributed by atoms with van der Waals surface area (Å²) in [6.07, 6.45) is 0. The number of benzene rings is 9. The lowest BCUT2D eigenvalue weighted by atomic mass is 9.96. The molecule has 3 nitrogen and oxygen atoms in total. The van der Waals surface area contributed by atoms with E-state index in [4.69, 9.17) is 9.40 Å². The molecule has 0 aliphatic carbocycles. The van der Waals surface area contributed by atoms with Gasteiger partial charge in [0.15, 0.2) is 5.58 Å². The van der Waals surface area contributed by atoms with Gasteiger partial charge in [-0.15, -0.1) is 0 Å². The number of anilines is 3. The van der Waals surface area contributed by atoms with E-state index in [9.17, 15) is 0 Å². The molecule has 0 radical (unpaired) electrons. The van der Waals surface area contributed by atoms with Crippen LogP contribution in [0.15, 0.2) is 186 Å². The lowest BCUT2D eigenvalue weighted by Gasteiger charge is -2.27. The quantitative estimate of drug-likeness (QED) is 0.176. The Labute approximate surface area is 289 Å². The molecule has 50 heavy (non-hydrogen) atoms. The Morgan fingerprint density at radius 2 is 1.04 bits per heavy atom. The number of nitrogens with zero attached hydrogens (tertiary/aromatic N) is 2. The lowest BCUT2D eigenvalue weighted by Crippen LogP contribution is -2.10. The van der Waals surface area contributed by atoms with E-state index in [1.54, 1.807) is 0 Å². The van der Waals surface area contributed by atoms with Crippen LogP contribution in [0.3, 0.4) is 0 Å². The number of oxazole rings is 1. The average Bonchev–Trinajstić information content (AvgIpc) is 3.63. The summed E-state index contributed by atoms with van der Waals surface area (Å²) in [4.78, 5) is 7.19. The monoisotopic (exact) mass is 638 g/mol. The highest BCUT2D eigenvalue weighted by atomic mass is 16.3. The highest BCUT2D eigenvalue weighted by Crippen LogP contribution is 2.43. The highest BCUT2D eigenvalue weighted by Gasteiger charge is 2.18. The summed E-state index contributed by atoms with van der Waals surface area (Å²) in [6, 6.07) is 64.7. The van der Waals surface area contributed by atoms with Crippen LogP contribution in [0.4, 0.5) is 17.1 Å². The minimum absolute atomic E-state index is 0.628. The molecule has 3 heteroatoms. The molecule has 10 aromatic rings. The first kappa shape index (κ1) is 28.3. The molecule has 10 rings (SSSR count). The zero-order chi connectivity index (χ0) is 33.0. The summed E-state index contributed by atoms with van der Waals surface area (Å²) in [5.74, 6) is 0.628. The Hall–Kier alpha value is -6.71. The van der Waals surface area contributed by atoms with E-state index in [2.05, 4.69) is 144 Å². The van der Waals surface area contributed by atoms with Gasteiger partial charge in [-0.3, -0.25) is 0 Å². The van der Waals surface area contributed by atoms with Crippen LogP contribution in [0.5, 0.6) is 0 Å². The van der Waals surface area contributed by atoms with Gasteiger partial charge in [0.05, 0.1) is 5.69 Å². The number of aromatic nitrogens is 1. The van der Waals surface area contributed by atoms with Crippen LogP contribution < -0.4 is 4.90 Å². The van der Waals surface area contributed by atoms with Crippen LogP contribution in [-0.2, 0) is 0 Å². The van der Waals surface area contributed by atoms with E-state index < -0.39 is 0 Å². The highest BCUT2D eigenvalue weighted by molar-refractivity contribution is 6.19. The molecule has 0 aliphatic rings. The van der Waals surface area contributed by atoms with Gasteiger partial charge in [0.25, 0.3) is 0 Å². The number of fused-ring (bicyclic) bond motifs is 7.